The highest BCUT2D eigenvalue weighted by Crippen LogP contribution is 2.27. The van der Waals surface area contributed by atoms with Gasteiger partial charge in [0.15, 0.2) is 11.5 Å². The van der Waals surface area contributed by atoms with Crippen LogP contribution in [0.25, 0.3) is 27.6 Å². The molecule has 0 aromatic carbocycles. The Bertz CT molecular complexity index is 988. The Labute approximate surface area is 135 Å². The Hall–Kier alpha value is -3.06. The number of aromatic nitrogens is 4. The number of fused-ring (bicyclic) bond motifs is 1. The summed E-state index contributed by atoms with van der Waals surface area (Å²) in [5.41, 5.74) is 8.56. The van der Waals surface area contributed by atoms with E-state index >= 15 is 0 Å². The number of nitrogens with one attached hydrogen (secondary N) is 1. The van der Waals surface area contributed by atoms with Gasteiger partial charge in [-0.25, -0.2) is 9.50 Å². The molecule has 0 saturated heterocycles. The molecule has 0 bridgehead atoms. The molecule has 0 aliphatic rings. The molecule has 0 aliphatic carbocycles. The number of hydrogen-bond acceptors (Lipinski definition) is 5. The minimum absolute atomic E-state index is 0.0298. The van der Waals surface area contributed by atoms with Gasteiger partial charge in [-0.1, -0.05) is 6.07 Å². The van der Waals surface area contributed by atoms with Crippen molar-refractivity contribution in [3.63, 3.8) is 0 Å². The van der Waals surface area contributed by atoms with Crippen LogP contribution in [0.15, 0.2) is 54.2 Å². The van der Waals surface area contributed by atoms with E-state index in [4.69, 9.17) is 11.1 Å². The molecule has 4 heterocycles. The zero-order valence-electron chi connectivity index (χ0n) is 12.0. The van der Waals surface area contributed by atoms with Gasteiger partial charge in [0.1, 0.15) is 5.84 Å². The number of nitrogen functional groups attached to an aromatic ring is 1. The van der Waals surface area contributed by atoms with Crippen LogP contribution in [0.2, 0.25) is 0 Å². The fourth-order valence-electron chi connectivity index (χ4n) is 2.40. The first-order valence-corrected chi connectivity index (χ1v) is 7.80. The summed E-state index contributed by atoms with van der Waals surface area (Å²) in [6.07, 6.45) is 3.42. The zero-order valence-corrected chi connectivity index (χ0v) is 12.8. The van der Waals surface area contributed by atoms with Gasteiger partial charge in [-0.2, -0.15) is 0 Å². The molecule has 0 unspecified atom stereocenters. The molecule has 0 fully saturated rings. The molecule has 0 saturated carbocycles. The van der Waals surface area contributed by atoms with E-state index in [1.807, 2.05) is 41.8 Å². The second kappa shape index (κ2) is 5.29. The lowest BCUT2D eigenvalue weighted by atomic mass is 10.2. The van der Waals surface area contributed by atoms with Gasteiger partial charge in [0, 0.05) is 18.0 Å². The minimum atomic E-state index is -0.0298. The molecule has 0 radical (unpaired) electrons. The Kier molecular flexibility index (Phi) is 3.13. The Morgan fingerprint density at radius 3 is 2.78 bits per heavy atom. The van der Waals surface area contributed by atoms with Crippen molar-refractivity contribution in [1.29, 1.82) is 5.41 Å². The quantitative estimate of drug-likeness (QED) is 0.448. The van der Waals surface area contributed by atoms with Gasteiger partial charge in [-0.15, -0.1) is 16.4 Å². The van der Waals surface area contributed by atoms with Crippen molar-refractivity contribution >= 4 is 22.8 Å². The summed E-state index contributed by atoms with van der Waals surface area (Å²) in [5, 5.41) is 14.4. The standard InChI is InChI=1S/C16H12N6S/c17-14(18)11-5-6-12(13-4-2-8-23-13)22-16(11)20-15(21-22)10-3-1-7-19-9-10/h1-9H,(H3,17,18). The summed E-state index contributed by atoms with van der Waals surface area (Å²) >= 11 is 1.62. The molecule has 4 aromatic heterocycles. The number of nitrogens with zero attached hydrogens (tertiary/aromatic N) is 4. The minimum Gasteiger partial charge on any atom is -0.384 e. The third-order valence-electron chi connectivity index (χ3n) is 3.47. The Morgan fingerprint density at radius 1 is 1.17 bits per heavy atom. The van der Waals surface area contributed by atoms with Crippen LogP contribution >= 0.6 is 11.3 Å². The van der Waals surface area contributed by atoms with Crippen molar-refractivity contribution in [2.24, 2.45) is 5.73 Å². The van der Waals surface area contributed by atoms with E-state index in [0.717, 1.165) is 16.1 Å². The number of nitrogens with two attached hydrogens (primary N) is 1. The van der Waals surface area contributed by atoms with Gasteiger partial charge in [-0.05, 0) is 35.7 Å². The maximum Gasteiger partial charge on any atom is 0.183 e. The van der Waals surface area contributed by atoms with E-state index in [9.17, 15) is 0 Å². The smallest absolute Gasteiger partial charge is 0.183 e. The maximum absolute atomic E-state index is 7.76. The third kappa shape index (κ3) is 2.27. The second-order valence-electron chi connectivity index (χ2n) is 4.94. The van der Waals surface area contributed by atoms with Gasteiger partial charge < -0.3 is 5.73 Å². The van der Waals surface area contributed by atoms with Crippen molar-refractivity contribution in [2.75, 3.05) is 0 Å². The first-order chi connectivity index (χ1) is 11.2. The van der Waals surface area contributed by atoms with Gasteiger partial charge in [-0.3, -0.25) is 10.4 Å². The fourth-order valence-corrected chi connectivity index (χ4v) is 3.14. The topological polar surface area (TPSA) is 93.0 Å². The molecule has 0 spiro atoms. The first-order valence-electron chi connectivity index (χ1n) is 6.92. The molecule has 0 amide bonds. The van der Waals surface area contributed by atoms with Crippen molar-refractivity contribution in [1.82, 2.24) is 19.6 Å². The Balaban J connectivity index is 2.02. The van der Waals surface area contributed by atoms with Crippen LogP contribution in [0.1, 0.15) is 5.56 Å². The molecule has 4 aromatic rings. The molecule has 0 atom stereocenters. The van der Waals surface area contributed by atoms with Crippen molar-refractivity contribution in [3.05, 3.63) is 59.7 Å². The highest BCUT2D eigenvalue weighted by atomic mass is 32.1. The van der Waals surface area contributed by atoms with Crippen LogP contribution in [-0.4, -0.2) is 25.4 Å². The molecular weight excluding hydrogens is 308 g/mol. The van der Waals surface area contributed by atoms with Crippen LogP contribution in [0.5, 0.6) is 0 Å². The molecule has 6 nitrogen and oxygen atoms in total. The van der Waals surface area contributed by atoms with E-state index in [1.54, 1.807) is 28.2 Å². The average Bonchev–Trinajstić information content (AvgIpc) is 3.24. The molecule has 7 heteroatoms. The SMILES string of the molecule is N=C(N)c1ccc(-c2cccs2)n2nc(-c3cccnc3)nc12. The first kappa shape index (κ1) is 13.6. The summed E-state index contributed by atoms with van der Waals surface area (Å²) in [5.74, 6) is 0.530. The van der Waals surface area contributed by atoms with E-state index in [-0.39, 0.29) is 5.84 Å². The van der Waals surface area contributed by atoms with Gasteiger partial charge >= 0.3 is 0 Å². The predicted molar refractivity (Wildman–Crippen MR) is 90.5 cm³/mol. The van der Waals surface area contributed by atoms with Gasteiger partial charge in [0.25, 0.3) is 0 Å². The van der Waals surface area contributed by atoms with Crippen LogP contribution in [0.3, 0.4) is 0 Å². The monoisotopic (exact) mass is 320 g/mol. The molecule has 3 N–H and O–H groups in total. The summed E-state index contributed by atoms with van der Waals surface area (Å²) in [7, 11) is 0. The fraction of sp³-hybridized carbons (Fsp3) is 0. The van der Waals surface area contributed by atoms with Gasteiger partial charge in [0.05, 0.1) is 16.1 Å². The lowest BCUT2D eigenvalue weighted by Crippen LogP contribution is -2.13. The maximum atomic E-state index is 7.76. The van der Waals surface area contributed by atoms with Gasteiger partial charge in [0.2, 0.25) is 0 Å². The number of pyridine rings is 2. The number of rotatable bonds is 3. The number of thiophene rings is 1. The van der Waals surface area contributed by atoms with Crippen LogP contribution in [0, 0.1) is 5.41 Å². The lowest BCUT2D eigenvalue weighted by molar-refractivity contribution is 0.974. The largest absolute Gasteiger partial charge is 0.384 e. The van der Waals surface area contributed by atoms with E-state index < -0.39 is 0 Å². The molecular formula is C16H12N6S. The van der Waals surface area contributed by atoms with E-state index in [0.29, 0.717) is 17.0 Å². The number of hydrogen-bond donors (Lipinski definition) is 2. The van der Waals surface area contributed by atoms with Crippen LogP contribution in [-0.2, 0) is 0 Å². The van der Waals surface area contributed by atoms with E-state index in [1.165, 1.54) is 0 Å². The molecule has 4 rings (SSSR count). The predicted octanol–water partition coefficient (Wildman–Crippen LogP) is 2.80. The molecule has 0 aliphatic heterocycles. The summed E-state index contributed by atoms with van der Waals surface area (Å²) in [6.45, 7) is 0. The molecule has 23 heavy (non-hydrogen) atoms. The summed E-state index contributed by atoms with van der Waals surface area (Å²) < 4.78 is 1.74. The number of amidine groups is 1. The van der Waals surface area contributed by atoms with E-state index in [2.05, 4.69) is 15.1 Å². The summed E-state index contributed by atoms with van der Waals surface area (Å²) in [4.78, 5) is 9.75. The van der Waals surface area contributed by atoms with Crippen molar-refractivity contribution in [3.8, 4) is 22.0 Å². The highest BCUT2D eigenvalue weighted by molar-refractivity contribution is 7.13. The second-order valence-corrected chi connectivity index (χ2v) is 5.88. The molecule has 112 valence electrons. The third-order valence-corrected chi connectivity index (χ3v) is 4.36. The Morgan fingerprint density at radius 2 is 2.09 bits per heavy atom. The van der Waals surface area contributed by atoms with Crippen LogP contribution in [0.4, 0.5) is 0 Å². The van der Waals surface area contributed by atoms with Crippen LogP contribution < -0.4 is 5.73 Å². The van der Waals surface area contributed by atoms with Crippen molar-refractivity contribution in [2.45, 2.75) is 0 Å². The highest BCUT2D eigenvalue weighted by Gasteiger charge is 2.16. The zero-order chi connectivity index (χ0) is 15.8. The lowest BCUT2D eigenvalue weighted by Gasteiger charge is -2.05. The summed E-state index contributed by atoms with van der Waals surface area (Å²) in [6, 6.07) is 11.5. The normalized spacial score (nSPS) is 11.0. The van der Waals surface area contributed by atoms with Crippen molar-refractivity contribution < 1.29 is 0 Å². The average molecular weight is 320 g/mol.